The number of nitrogens with one attached hydrogen (secondary N) is 1. The molecular weight excluding hydrogens is 238 g/mol. The van der Waals surface area contributed by atoms with E-state index in [0.29, 0.717) is 17.3 Å². The third-order valence-corrected chi connectivity index (χ3v) is 3.88. The number of nitrogen functional groups attached to an aromatic ring is 1. The van der Waals surface area contributed by atoms with Gasteiger partial charge in [0.2, 0.25) is 0 Å². The molecule has 0 aromatic carbocycles. The van der Waals surface area contributed by atoms with Crippen molar-refractivity contribution in [3.8, 4) is 0 Å². The van der Waals surface area contributed by atoms with Gasteiger partial charge in [-0.05, 0) is 43.2 Å². The van der Waals surface area contributed by atoms with Crippen LogP contribution in [0, 0.1) is 11.8 Å². The molecule has 1 saturated carbocycles. The normalized spacial score (nSPS) is 22.4. The first-order valence-corrected chi connectivity index (χ1v) is 7.13. The maximum atomic E-state index is 12.1. The van der Waals surface area contributed by atoms with E-state index in [2.05, 4.69) is 17.2 Å². The Morgan fingerprint density at radius 2 is 2.26 bits per heavy atom. The minimum Gasteiger partial charge on any atom is -0.384 e. The fourth-order valence-corrected chi connectivity index (χ4v) is 2.77. The molecule has 0 bridgehead atoms. The van der Waals surface area contributed by atoms with Gasteiger partial charge in [-0.25, -0.2) is 4.98 Å². The molecule has 2 rings (SSSR count). The van der Waals surface area contributed by atoms with Crippen LogP contribution in [-0.2, 0) is 6.42 Å². The van der Waals surface area contributed by atoms with Gasteiger partial charge < -0.3 is 11.1 Å². The van der Waals surface area contributed by atoms with E-state index in [9.17, 15) is 4.79 Å². The lowest BCUT2D eigenvalue weighted by Gasteiger charge is -2.12. The molecule has 1 heterocycles. The van der Waals surface area contributed by atoms with Gasteiger partial charge in [0.1, 0.15) is 5.82 Å². The molecule has 1 aliphatic rings. The lowest BCUT2D eigenvalue weighted by Crippen LogP contribution is -2.28. The molecular formula is C15H23N3O. The number of amides is 1. The van der Waals surface area contributed by atoms with Crippen LogP contribution >= 0.6 is 0 Å². The van der Waals surface area contributed by atoms with Crippen LogP contribution in [-0.4, -0.2) is 17.4 Å². The van der Waals surface area contributed by atoms with Crippen molar-refractivity contribution in [1.82, 2.24) is 10.3 Å². The highest BCUT2D eigenvalue weighted by molar-refractivity contribution is 5.94. The highest BCUT2D eigenvalue weighted by Gasteiger charge is 2.21. The van der Waals surface area contributed by atoms with Crippen molar-refractivity contribution in [3.63, 3.8) is 0 Å². The molecule has 19 heavy (non-hydrogen) atoms. The highest BCUT2D eigenvalue weighted by Crippen LogP contribution is 2.29. The minimum absolute atomic E-state index is 0.0386. The minimum atomic E-state index is -0.0386. The van der Waals surface area contributed by atoms with E-state index < -0.39 is 0 Å². The van der Waals surface area contributed by atoms with Gasteiger partial charge in [-0.15, -0.1) is 0 Å². The Morgan fingerprint density at radius 3 is 2.89 bits per heavy atom. The van der Waals surface area contributed by atoms with Crippen LogP contribution < -0.4 is 11.1 Å². The predicted molar refractivity (Wildman–Crippen MR) is 76.9 cm³/mol. The zero-order valence-electron chi connectivity index (χ0n) is 11.8. The van der Waals surface area contributed by atoms with E-state index in [4.69, 9.17) is 5.73 Å². The molecule has 2 unspecified atom stereocenters. The van der Waals surface area contributed by atoms with E-state index in [1.54, 1.807) is 6.07 Å². The maximum Gasteiger partial charge on any atom is 0.251 e. The van der Waals surface area contributed by atoms with E-state index in [1.807, 2.05) is 13.0 Å². The van der Waals surface area contributed by atoms with Crippen LogP contribution in [0.2, 0.25) is 0 Å². The summed E-state index contributed by atoms with van der Waals surface area (Å²) in [7, 11) is 0. The maximum absolute atomic E-state index is 12.1. The number of carbonyl (C=O) groups is 1. The molecule has 1 aromatic heterocycles. The third-order valence-electron chi connectivity index (χ3n) is 3.88. The van der Waals surface area contributed by atoms with E-state index >= 15 is 0 Å². The molecule has 1 aromatic rings. The number of pyridine rings is 1. The predicted octanol–water partition coefficient (Wildman–Crippen LogP) is 2.39. The van der Waals surface area contributed by atoms with Gasteiger partial charge in [0.05, 0.1) is 0 Å². The first kappa shape index (κ1) is 13.8. The Bertz CT molecular complexity index is 459. The van der Waals surface area contributed by atoms with E-state index in [0.717, 1.165) is 24.6 Å². The molecule has 0 aliphatic heterocycles. The van der Waals surface area contributed by atoms with Gasteiger partial charge in [0.25, 0.3) is 5.91 Å². The van der Waals surface area contributed by atoms with Crippen LogP contribution in [0.4, 0.5) is 5.82 Å². The van der Waals surface area contributed by atoms with E-state index in [1.165, 1.54) is 19.3 Å². The number of hydrogen-bond donors (Lipinski definition) is 2. The number of aryl methyl sites for hydroxylation is 1. The summed E-state index contributed by atoms with van der Waals surface area (Å²) < 4.78 is 0. The molecule has 1 aliphatic carbocycles. The van der Waals surface area contributed by atoms with Gasteiger partial charge in [-0.2, -0.15) is 0 Å². The second kappa shape index (κ2) is 6.04. The average molecular weight is 261 g/mol. The van der Waals surface area contributed by atoms with Crippen LogP contribution in [0.25, 0.3) is 0 Å². The largest absolute Gasteiger partial charge is 0.384 e. The Hall–Kier alpha value is -1.58. The van der Waals surface area contributed by atoms with Gasteiger partial charge in [0, 0.05) is 17.8 Å². The molecule has 0 saturated heterocycles. The Balaban J connectivity index is 1.94. The molecule has 3 N–H and O–H groups in total. The monoisotopic (exact) mass is 261 g/mol. The Labute approximate surface area is 114 Å². The zero-order valence-corrected chi connectivity index (χ0v) is 11.8. The number of aromatic nitrogens is 1. The smallest absolute Gasteiger partial charge is 0.251 e. The second-order valence-corrected chi connectivity index (χ2v) is 5.62. The Morgan fingerprint density at radius 1 is 1.47 bits per heavy atom. The number of hydrogen-bond acceptors (Lipinski definition) is 3. The standard InChI is InChI=1S/C15H23N3O/c1-3-13-7-12(8-14(16)18-13)15(19)17-9-11-5-4-10(2)6-11/h7-8,10-11H,3-6,9H2,1-2H3,(H2,16,18)(H,17,19). The number of rotatable bonds is 4. The van der Waals surface area contributed by atoms with Crippen molar-refractivity contribution >= 4 is 11.7 Å². The summed E-state index contributed by atoms with van der Waals surface area (Å²) in [5, 5.41) is 3.02. The number of anilines is 1. The molecule has 104 valence electrons. The Kier molecular flexibility index (Phi) is 4.40. The van der Waals surface area contributed by atoms with Crippen LogP contribution in [0.1, 0.15) is 49.2 Å². The topological polar surface area (TPSA) is 68.0 Å². The molecule has 0 radical (unpaired) electrons. The summed E-state index contributed by atoms with van der Waals surface area (Å²) in [6.45, 7) is 5.05. The third kappa shape index (κ3) is 3.69. The lowest BCUT2D eigenvalue weighted by molar-refractivity contribution is 0.0947. The molecule has 2 atom stereocenters. The van der Waals surface area contributed by atoms with Crippen molar-refractivity contribution in [1.29, 1.82) is 0 Å². The summed E-state index contributed by atoms with van der Waals surface area (Å²) in [5.41, 5.74) is 7.20. The molecule has 0 spiro atoms. The summed E-state index contributed by atoms with van der Waals surface area (Å²) in [6.07, 6.45) is 4.51. The molecule has 4 heteroatoms. The second-order valence-electron chi connectivity index (χ2n) is 5.62. The quantitative estimate of drug-likeness (QED) is 0.874. The van der Waals surface area contributed by atoms with Crippen molar-refractivity contribution in [3.05, 3.63) is 23.4 Å². The van der Waals surface area contributed by atoms with E-state index in [-0.39, 0.29) is 5.91 Å². The fourth-order valence-electron chi connectivity index (χ4n) is 2.77. The number of nitrogens with zero attached hydrogens (tertiary/aromatic N) is 1. The average Bonchev–Trinajstić information content (AvgIpc) is 2.81. The van der Waals surface area contributed by atoms with Crippen molar-refractivity contribution in [2.24, 2.45) is 11.8 Å². The lowest BCUT2D eigenvalue weighted by atomic mass is 10.1. The number of nitrogens with two attached hydrogens (primary N) is 1. The summed E-state index contributed by atoms with van der Waals surface area (Å²) >= 11 is 0. The van der Waals surface area contributed by atoms with Gasteiger partial charge in [0.15, 0.2) is 0 Å². The highest BCUT2D eigenvalue weighted by atomic mass is 16.1. The van der Waals surface area contributed by atoms with Gasteiger partial charge in [-0.3, -0.25) is 4.79 Å². The summed E-state index contributed by atoms with van der Waals surface area (Å²) in [5.74, 6) is 1.80. The van der Waals surface area contributed by atoms with Gasteiger partial charge >= 0.3 is 0 Å². The van der Waals surface area contributed by atoms with Crippen molar-refractivity contribution in [2.75, 3.05) is 12.3 Å². The van der Waals surface area contributed by atoms with Crippen LogP contribution in [0.15, 0.2) is 12.1 Å². The fraction of sp³-hybridized carbons (Fsp3) is 0.600. The van der Waals surface area contributed by atoms with Crippen LogP contribution in [0.5, 0.6) is 0 Å². The summed E-state index contributed by atoms with van der Waals surface area (Å²) in [4.78, 5) is 16.3. The van der Waals surface area contributed by atoms with Crippen LogP contribution in [0.3, 0.4) is 0 Å². The summed E-state index contributed by atoms with van der Waals surface area (Å²) in [6, 6.07) is 3.47. The molecule has 1 amide bonds. The van der Waals surface area contributed by atoms with Crippen molar-refractivity contribution < 1.29 is 4.79 Å². The number of carbonyl (C=O) groups excluding carboxylic acids is 1. The molecule has 1 fully saturated rings. The van der Waals surface area contributed by atoms with Gasteiger partial charge in [-0.1, -0.05) is 20.3 Å². The molecule has 4 nitrogen and oxygen atoms in total. The van der Waals surface area contributed by atoms with Crippen molar-refractivity contribution in [2.45, 2.75) is 39.5 Å². The SMILES string of the molecule is CCc1cc(C(=O)NCC2CCC(C)C2)cc(N)n1. The zero-order chi connectivity index (χ0) is 13.8. The first-order valence-electron chi connectivity index (χ1n) is 7.13. The first-order chi connectivity index (χ1) is 9.08.